The van der Waals surface area contributed by atoms with Crippen molar-refractivity contribution in [1.82, 2.24) is 4.67 Å². The van der Waals surface area contributed by atoms with Crippen molar-refractivity contribution in [3.8, 4) is 0 Å². The molecular weight excluding hydrogens is 718 g/mol. The molecule has 0 aliphatic heterocycles. The Kier molecular flexibility index (Phi) is 35.4. The lowest BCUT2D eigenvalue weighted by molar-refractivity contribution is -0.161. The summed E-state index contributed by atoms with van der Waals surface area (Å²) >= 11 is 0. The molecule has 56 heavy (non-hydrogen) atoms. The maximum absolute atomic E-state index is 13.1. The van der Waals surface area contributed by atoms with Crippen LogP contribution in [0, 0.1) is 0 Å². The van der Waals surface area contributed by atoms with Gasteiger partial charge in [0.2, 0.25) is 0 Å². The number of rotatable bonds is 40. The van der Waals surface area contributed by atoms with Gasteiger partial charge in [-0.1, -0.05) is 198 Å². The molecule has 0 aliphatic carbocycles. The summed E-state index contributed by atoms with van der Waals surface area (Å²) in [5.41, 5.74) is 1.07. The first kappa shape index (κ1) is 52.5. The molecule has 1 aromatic rings. The lowest BCUT2D eigenvalue weighted by Crippen LogP contribution is -2.35. The molecule has 2 atom stereocenters. The standard InChI is InChI=1S/C48H88NO6P/c1-7-9-11-13-15-17-19-21-23-25-27-29-34-38-47(50)52-41-46(55-48(51)39-35-30-28-26-24-22-20-18-16-14-12-10-8-2)42-54-56(49(43(3)4)44(5)6)53-40-45-36-32-31-33-37-45/h31-33,36-37,43-44,46H,7-30,34-35,38-42H2,1-6H3/t46-,56?/m0/s1. The number of carbonyl (C=O) groups excluding carboxylic acids is 2. The third-order valence-electron chi connectivity index (χ3n) is 10.5. The molecule has 0 saturated heterocycles. The molecule has 0 heterocycles. The van der Waals surface area contributed by atoms with Crippen LogP contribution in [0.3, 0.4) is 0 Å². The number of hydrogen-bond acceptors (Lipinski definition) is 7. The van der Waals surface area contributed by atoms with E-state index in [0.29, 0.717) is 19.4 Å². The van der Waals surface area contributed by atoms with Crippen LogP contribution in [0.15, 0.2) is 30.3 Å². The van der Waals surface area contributed by atoms with Gasteiger partial charge in [0.1, 0.15) is 6.61 Å². The largest absolute Gasteiger partial charge is 0.462 e. The highest BCUT2D eigenvalue weighted by molar-refractivity contribution is 7.44. The Morgan fingerprint density at radius 3 is 1.32 bits per heavy atom. The van der Waals surface area contributed by atoms with Gasteiger partial charge in [0.15, 0.2) is 6.10 Å². The second-order valence-electron chi connectivity index (χ2n) is 16.6. The lowest BCUT2D eigenvalue weighted by Gasteiger charge is -2.36. The van der Waals surface area contributed by atoms with Gasteiger partial charge in [-0.25, -0.2) is 4.67 Å². The number of benzene rings is 1. The molecule has 0 bridgehead atoms. The third-order valence-corrected chi connectivity index (χ3v) is 12.5. The summed E-state index contributed by atoms with van der Waals surface area (Å²) in [6, 6.07) is 10.5. The highest BCUT2D eigenvalue weighted by Crippen LogP contribution is 2.46. The predicted molar refractivity (Wildman–Crippen MR) is 238 cm³/mol. The Morgan fingerprint density at radius 2 is 0.911 bits per heavy atom. The van der Waals surface area contributed by atoms with E-state index in [2.05, 4.69) is 46.2 Å². The molecule has 0 amide bonds. The van der Waals surface area contributed by atoms with Gasteiger partial charge in [-0.05, 0) is 46.1 Å². The maximum atomic E-state index is 13.1. The summed E-state index contributed by atoms with van der Waals surface area (Å²) in [7, 11) is -1.46. The van der Waals surface area contributed by atoms with Gasteiger partial charge in [-0.3, -0.25) is 9.59 Å². The molecule has 1 aromatic carbocycles. The zero-order chi connectivity index (χ0) is 40.9. The maximum Gasteiger partial charge on any atom is 0.306 e. The van der Waals surface area contributed by atoms with E-state index in [4.69, 9.17) is 18.5 Å². The van der Waals surface area contributed by atoms with Crippen LogP contribution in [0.1, 0.15) is 227 Å². The fraction of sp³-hybridized carbons (Fsp3) is 0.833. The van der Waals surface area contributed by atoms with Crippen molar-refractivity contribution < 1.29 is 28.1 Å². The van der Waals surface area contributed by atoms with Crippen molar-refractivity contribution >= 4 is 20.5 Å². The van der Waals surface area contributed by atoms with Gasteiger partial charge < -0.3 is 18.5 Å². The molecule has 0 fully saturated rings. The van der Waals surface area contributed by atoms with E-state index >= 15 is 0 Å². The summed E-state index contributed by atoms with van der Waals surface area (Å²) in [5, 5.41) is 0. The van der Waals surface area contributed by atoms with Crippen molar-refractivity contribution in [1.29, 1.82) is 0 Å². The van der Waals surface area contributed by atoms with E-state index in [0.717, 1.165) is 44.1 Å². The minimum atomic E-state index is -1.46. The molecule has 326 valence electrons. The average Bonchev–Trinajstić information content (AvgIpc) is 3.18. The van der Waals surface area contributed by atoms with Gasteiger partial charge in [-0.15, -0.1) is 0 Å². The molecule has 0 spiro atoms. The highest BCUT2D eigenvalue weighted by Gasteiger charge is 2.29. The Balaban J connectivity index is 2.56. The van der Waals surface area contributed by atoms with Crippen molar-refractivity contribution in [2.45, 2.75) is 246 Å². The van der Waals surface area contributed by atoms with Gasteiger partial charge >= 0.3 is 11.9 Å². The monoisotopic (exact) mass is 806 g/mol. The molecule has 0 aromatic heterocycles. The first-order chi connectivity index (χ1) is 27.3. The van der Waals surface area contributed by atoms with Crippen molar-refractivity contribution in [2.24, 2.45) is 0 Å². The summed E-state index contributed by atoms with van der Waals surface area (Å²) < 4.78 is 26.7. The van der Waals surface area contributed by atoms with Gasteiger partial charge in [0, 0.05) is 24.9 Å². The average molecular weight is 806 g/mol. The van der Waals surface area contributed by atoms with E-state index < -0.39 is 14.6 Å². The van der Waals surface area contributed by atoms with E-state index in [1.54, 1.807) is 0 Å². The third kappa shape index (κ3) is 30.5. The van der Waals surface area contributed by atoms with Crippen LogP contribution in [-0.2, 0) is 34.7 Å². The van der Waals surface area contributed by atoms with Gasteiger partial charge in [-0.2, -0.15) is 0 Å². The second-order valence-corrected chi connectivity index (χ2v) is 18.1. The fourth-order valence-electron chi connectivity index (χ4n) is 7.19. The number of esters is 2. The molecule has 7 nitrogen and oxygen atoms in total. The Bertz CT molecular complexity index is 1020. The van der Waals surface area contributed by atoms with E-state index in [9.17, 15) is 9.59 Å². The van der Waals surface area contributed by atoms with Gasteiger partial charge in [0.05, 0.1) is 13.2 Å². The van der Waals surface area contributed by atoms with E-state index in [-0.39, 0.29) is 37.2 Å². The molecule has 1 rings (SSSR count). The second kappa shape index (κ2) is 37.7. The van der Waals surface area contributed by atoms with Crippen LogP contribution in [0.25, 0.3) is 0 Å². The predicted octanol–water partition coefficient (Wildman–Crippen LogP) is 15.0. The highest BCUT2D eigenvalue weighted by atomic mass is 31.2. The number of carbonyl (C=O) groups is 2. The molecule has 0 N–H and O–H groups in total. The van der Waals surface area contributed by atoms with Crippen LogP contribution in [0.5, 0.6) is 0 Å². The van der Waals surface area contributed by atoms with Crippen LogP contribution in [0.2, 0.25) is 0 Å². The van der Waals surface area contributed by atoms with E-state index in [1.165, 1.54) is 128 Å². The summed E-state index contributed by atoms with van der Waals surface area (Å²) in [6.07, 6.45) is 32.8. The first-order valence-corrected chi connectivity index (χ1v) is 24.6. The molecule has 1 unspecified atom stereocenters. The molecule has 0 radical (unpaired) electrons. The van der Waals surface area contributed by atoms with Crippen molar-refractivity contribution in [2.75, 3.05) is 13.2 Å². The SMILES string of the molecule is CCCCCCCCCCCCCCCC(=O)OC[C@@H](COP(OCc1ccccc1)N(C(C)C)C(C)C)OC(=O)CCCCCCCCCCCCCCC. The zero-order valence-electron chi connectivity index (χ0n) is 37.4. The Morgan fingerprint density at radius 1 is 0.518 bits per heavy atom. The van der Waals surface area contributed by atoms with E-state index in [1.807, 2.05) is 30.3 Å². The van der Waals surface area contributed by atoms with Crippen LogP contribution < -0.4 is 0 Å². The topological polar surface area (TPSA) is 74.3 Å². The molecule has 0 saturated carbocycles. The number of unbranched alkanes of at least 4 members (excludes halogenated alkanes) is 24. The molecular formula is C48H88NO6P. The van der Waals surface area contributed by atoms with Gasteiger partial charge in [0.25, 0.3) is 8.53 Å². The number of hydrogen-bond donors (Lipinski definition) is 0. The number of nitrogens with zero attached hydrogens (tertiary/aromatic N) is 1. The van der Waals surface area contributed by atoms with Crippen LogP contribution in [0.4, 0.5) is 0 Å². The smallest absolute Gasteiger partial charge is 0.306 e. The lowest BCUT2D eigenvalue weighted by atomic mass is 10.0. The minimum Gasteiger partial charge on any atom is -0.462 e. The Labute approximate surface area is 347 Å². The first-order valence-electron chi connectivity index (χ1n) is 23.5. The molecule has 0 aliphatic rings. The quantitative estimate of drug-likeness (QED) is 0.0371. The van der Waals surface area contributed by atoms with Crippen LogP contribution in [-0.4, -0.2) is 48.0 Å². The summed E-state index contributed by atoms with van der Waals surface area (Å²) in [6.45, 7) is 13.6. The number of ether oxygens (including phenoxy) is 2. The van der Waals surface area contributed by atoms with Crippen molar-refractivity contribution in [3.05, 3.63) is 35.9 Å². The zero-order valence-corrected chi connectivity index (χ0v) is 38.3. The summed E-state index contributed by atoms with van der Waals surface area (Å²) in [4.78, 5) is 25.9. The fourth-order valence-corrected chi connectivity index (χ4v) is 8.84. The summed E-state index contributed by atoms with van der Waals surface area (Å²) in [5.74, 6) is -0.493. The minimum absolute atomic E-state index is 0.00711. The molecule has 8 heteroatoms. The van der Waals surface area contributed by atoms with Crippen molar-refractivity contribution in [3.63, 3.8) is 0 Å². The Hall–Kier alpha value is -1.53. The normalized spacial score (nSPS) is 12.8. The van der Waals surface area contributed by atoms with Crippen LogP contribution >= 0.6 is 8.53 Å².